The van der Waals surface area contributed by atoms with Gasteiger partial charge < -0.3 is 9.64 Å². The van der Waals surface area contributed by atoms with Gasteiger partial charge in [0.15, 0.2) is 0 Å². The Hall–Kier alpha value is -2.36. The number of carbonyl (C=O) groups excluding carboxylic acids is 1. The van der Waals surface area contributed by atoms with Crippen molar-refractivity contribution < 1.29 is 9.53 Å². The highest BCUT2D eigenvalue weighted by molar-refractivity contribution is 5.89. The maximum atomic E-state index is 11.8. The zero-order valence-electron chi connectivity index (χ0n) is 18.9. The summed E-state index contributed by atoms with van der Waals surface area (Å²) in [6, 6.07) is 10.7. The number of ether oxygens (including phenoxy) is 1. The smallest absolute Gasteiger partial charge is 0.339 e. The second-order valence-electron chi connectivity index (χ2n) is 10.2. The van der Waals surface area contributed by atoms with Crippen molar-refractivity contribution in [3.05, 3.63) is 53.2 Å². The summed E-state index contributed by atoms with van der Waals surface area (Å²) in [7, 11) is 1.39. The van der Waals surface area contributed by atoms with Gasteiger partial charge in [-0.05, 0) is 65.0 Å². The third kappa shape index (κ3) is 5.17. The number of hydrogen-bond donors (Lipinski definition) is 0. The minimum atomic E-state index is -0.359. The molecule has 1 aliphatic carbocycles. The first-order chi connectivity index (χ1) is 13.5. The van der Waals surface area contributed by atoms with Crippen molar-refractivity contribution in [3.63, 3.8) is 0 Å². The molecule has 3 rings (SSSR count). The van der Waals surface area contributed by atoms with Gasteiger partial charge in [-0.1, -0.05) is 47.6 Å². The largest absolute Gasteiger partial charge is 0.465 e. The van der Waals surface area contributed by atoms with Crippen LogP contribution in [0.15, 0.2) is 36.5 Å². The third-order valence-electron chi connectivity index (χ3n) is 5.54. The highest BCUT2D eigenvalue weighted by Gasteiger charge is 2.28. The second-order valence-corrected chi connectivity index (χ2v) is 10.2. The Morgan fingerprint density at radius 1 is 1.03 bits per heavy atom. The van der Waals surface area contributed by atoms with E-state index in [-0.39, 0.29) is 16.8 Å². The first-order valence-corrected chi connectivity index (χ1v) is 10.5. The maximum absolute atomic E-state index is 11.8. The van der Waals surface area contributed by atoms with Crippen LogP contribution in [0.5, 0.6) is 0 Å². The molecule has 1 saturated carbocycles. The van der Waals surface area contributed by atoms with Crippen LogP contribution < -0.4 is 4.90 Å². The molecule has 0 bridgehead atoms. The van der Waals surface area contributed by atoms with Crippen molar-refractivity contribution >= 4 is 17.5 Å². The lowest BCUT2D eigenvalue weighted by atomic mass is 9.80. The Balaban J connectivity index is 2.07. The van der Waals surface area contributed by atoms with Gasteiger partial charge in [0.05, 0.1) is 12.7 Å². The van der Waals surface area contributed by atoms with Crippen LogP contribution >= 0.6 is 0 Å². The Bertz CT molecular complexity index is 837. The van der Waals surface area contributed by atoms with Crippen molar-refractivity contribution in [1.82, 2.24) is 4.98 Å². The molecule has 1 aromatic heterocycles. The molecule has 0 spiro atoms. The van der Waals surface area contributed by atoms with E-state index in [4.69, 9.17) is 4.74 Å². The number of pyridine rings is 1. The third-order valence-corrected chi connectivity index (χ3v) is 5.54. The van der Waals surface area contributed by atoms with Crippen molar-refractivity contribution in [3.8, 4) is 0 Å². The number of esters is 1. The molecule has 0 saturated heterocycles. The molecule has 0 unspecified atom stereocenters. The van der Waals surface area contributed by atoms with Crippen LogP contribution in [0.25, 0.3) is 0 Å². The molecule has 2 aromatic rings. The highest BCUT2D eigenvalue weighted by atomic mass is 16.5. The predicted molar refractivity (Wildman–Crippen MR) is 119 cm³/mol. The second kappa shape index (κ2) is 7.81. The molecule has 0 aliphatic heterocycles. The fourth-order valence-electron chi connectivity index (χ4n) is 3.31. The van der Waals surface area contributed by atoms with E-state index in [2.05, 4.69) is 69.6 Å². The van der Waals surface area contributed by atoms with Gasteiger partial charge in [-0.3, -0.25) is 0 Å². The SMILES string of the molecule is COC(=O)c1ccc(N(CC2CC2)c2cc(C(C)(C)C)cc(C(C)(C)C)c2)nc1. The normalized spacial score (nSPS) is 14.6. The molecule has 0 amide bonds. The minimum Gasteiger partial charge on any atom is -0.465 e. The number of methoxy groups -OCH3 is 1. The molecule has 1 heterocycles. The van der Waals surface area contributed by atoms with Gasteiger partial charge in [-0.15, -0.1) is 0 Å². The zero-order chi connectivity index (χ0) is 21.4. The van der Waals surface area contributed by atoms with Crippen LogP contribution in [0.2, 0.25) is 0 Å². The Kier molecular flexibility index (Phi) is 5.75. The molecule has 4 nitrogen and oxygen atoms in total. The maximum Gasteiger partial charge on any atom is 0.339 e. The van der Waals surface area contributed by atoms with Crippen LogP contribution in [0.1, 0.15) is 75.9 Å². The van der Waals surface area contributed by atoms with Crippen molar-refractivity contribution in [2.75, 3.05) is 18.6 Å². The topological polar surface area (TPSA) is 42.4 Å². The van der Waals surface area contributed by atoms with Gasteiger partial charge in [-0.25, -0.2) is 9.78 Å². The van der Waals surface area contributed by atoms with Crippen molar-refractivity contribution in [1.29, 1.82) is 0 Å². The van der Waals surface area contributed by atoms with Crippen LogP contribution in [-0.4, -0.2) is 24.6 Å². The number of anilines is 2. The Morgan fingerprint density at radius 3 is 2.03 bits per heavy atom. The monoisotopic (exact) mass is 394 g/mol. The summed E-state index contributed by atoms with van der Waals surface area (Å²) in [6.07, 6.45) is 4.14. The van der Waals surface area contributed by atoms with Crippen LogP contribution in [0, 0.1) is 5.92 Å². The first-order valence-electron chi connectivity index (χ1n) is 10.5. The summed E-state index contributed by atoms with van der Waals surface area (Å²) in [6.45, 7) is 14.5. The van der Waals surface area contributed by atoms with Crippen LogP contribution in [0.4, 0.5) is 11.5 Å². The summed E-state index contributed by atoms with van der Waals surface area (Å²) < 4.78 is 4.81. The lowest BCUT2D eigenvalue weighted by Crippen LogP contribution is -2.24. The van der Waals surface area contributed by atoms with Gasteiger partial charge in [0.1, 0.15) is 5.82 Å². The molecule has 29 heavy (non-hydrogen) atoms. The lowest BCUT2D eigenvalue weighted by Gasteiger charge is -2.30. The summed E-state index contributed by atoms with van der Waals surface area (Å²) >= 11 is 0. The van der Waals surface area contributed by atoms with E-state index in [9.17, 15) is 4.79 Å². The number of carbonyl (C=O) groups is 1. The summed E-state index contributed by atoms with van der Waals surface area (Å²) in [5, 5.41) is 0. The van der Waals surface area contributed by atoms with Gasteiger partial charge in [0, 0.05) is 18.4 Å². The van der Waals surface area contributed by atoms with Gasteiger partial charge in [0.2, 0.25) is 0 Å². The van der Waals surface area contributed by atoms with E-state index in [1.807, 2.05) is 6.07 Å². The number of hydrogen-bond acceptors (Lipinski definition) is 4. The van der Waals surface area contributed by atoms with Crippen molar-refractivity contribution in [2.45, 2.75) is 65.2 Å². The molecule has 156 valence electrons. The summed E-state index contributed by atoms with van der Waals surface area (Å²) in [5.74, 6) is 1.21. The molecule has 0 radical (unpaired) electrons. The zero-order valence-corrected chi connectivity index (χ0v) is 18.9. The lowest BCUT2D eigenvalue weighted by molar-refractivity contribution is 0.0600. The quantitative estimate of drug-likeness (QED) is 0.582. The molecule has 1 aromatic carbocycles. The van der Waals surface area contributed by atoms with E-state index in [1.165, 1.54) is 36.8 Å². The molecular formula is C25H34N2O2. The molecule has 1 fully saturated rings. The molecule has 0 N–H and O–H groups in total. The fourth-order valence-corrected chi connectivity index (χ4v) is 3.31. The highest BCUT2D eigenvalue weighted by Crippen LogP contribution is 2.38. The van der Waals surface area contributed by atoms with Gasteiger partial charge >= 0.3 is 5.97 Å². The first kappa shape index (κ1) is 21.4. The van der Waals surface area contributed by atoms with Crippen molar-refractivity contribution in [2.24, 2.45) is 5.92 Å². The molecule has 4 heteroatoms. The van der Waals surface area contributed by atoms with Gasteiger partial charge in [-0.2, -0.15) is 0 Å². The van der Waals surface area contributed by atoms with E-state index >= 15 is 0 Å². The predicted octanol–water partition coefficient (Wildman–Crippen LogP) is 6.01. The molecule has 0 atom stereocenters. The summed E-state index contributed by atoms with van der Waals surface area (Å²) in [4.78, 5) is 18.7. The number of benzene rings is 1. The van der Waals surface area contributed by atoms with E-state index in [0.29, 0.717) is 11.5 Å². The van der Waals surface area contributed by atoms with Crippen LogP contribution in [-0.2, 0) is 15.6 Å². The molecular weight excluding hydrogens is 360 g/mol. The van der Waals surface area contributed by atoms with E-state index < -0.39 is 0 Å². The Morgan fingerprint density at radius 2 is 1.62 bits per heavy atom. The standard InChI is InChI=1S/C25H34N2O2/c1-24(2,3)19-12-20(25(4,5)6)14-21(13-19)27(16-17-8-9-17)22-11-10-18(15-26-22)23(28)29-7/h10-15,17H,8-9,16H2,1-7H3. The average molecular weight is 395 g/mol. The van der Waals surface area contributed by atoms with E-state index in [0.717, 1.165) is 12.4 Å². The minimum absolute atomic E-state index is 0.0590. The average Bonchev–Trinajstić information content (AvgIpc) is 3.48. The summed E-state index contributed by atoms with van der Waals surface area (Å²) in [5.41, 5.74) is 4.42. The van der Waals surface area contributed by atoms with Crippen LogP contribution in [0.3, 0.4) is 0 Å². The fraction of sp³-hybridized carbons (Fsp3) is 0.520. The number of aromatic nitrogens is 1. The molecule has 1 aliphatic rings. The van der Waals surface area contributed by atoms with Gasteiger partial charge in [0.25, 0.3) is 0 Å². The Labute approximate surface area is 175 Å². The number of nitrogens with zero attached hydrogens (tertiary/aromatic N) is 2. The number of rotatable bonds is 5. The van der Waals surface area contributed by atoms with E-state index in [1.54, 1.807) is 12.3 Å².